The van der Waals surface area contributed by atoms with Gasteiger partial charge < -0.3 is 19.3 Å². The summed E-state index contributed by atoms with van der Waals surface area (Å²) in [6, 6.07) is 30.1. The highest BCUT2D eigenvalue weighted by molar-refractivity contribution is 5.94. The van der Waals surface area contributed by atoms with Crippen LogP contribution in [-0.4, -0.2) is 44.1 Å². The third-order valence-corrected chi connectivity index (χ3v) is 6.64. The van der Waals surface area contributed by atoms with Gasteiger partial charge in [0.05, 0.1) is 7.11 Å². The molecule has 4 aromatic carbocycles. The quantitative estimate of drug-likeness (QED) is 0.313. The lowest BCUT2D eigenvalue weighted by atomic mass is 10.1. The number of nitrogens with zero attached hydrogens (tertiary/aromatic N) is 2. The second-order valence-corrected chi connectivity index (χ2v) is 8.96. The van der Waals surface area contributed by atoms with Crippen LogP contribution in [0.5, 0.6) is 11.5 Å². The summed E-state index contributed by atoms with van der Waals surface area (Å²) in [4.78, 5) is 17.3. The number of amides is 1. The largest absolute Gasteiger partial charge is 0.496 e. The highest BCUT2D eigenvalue weighted by Crippen LogP contribution is 2.26. The third kappa shape index (κ3) is 5.75. The number of carbonyl (C=O) groups is 1. The monoisotopic (exact) mass is 496 g/mol. The molecule has 0 N–H and O–H groups in total. The molecule has 1 aliphatic heterocycles. The number of piperazine rings is 1. The lowest BCUT2D eigenvalue weighted by Crippen LogP contribution is -2.48. The third-order valence-electron chi connectivity index (χ3n) is 6.64. The molecular weight excluding hydrogens is 467 g/mol. The van der Waals surface area contributed by atoms with Gasteiger partial charge in [-0.2, -0.15) is 0 Å². The van der Waals surface area contributed by atoms with Gasteiger partial charge in [0, 0.05) is 43.0 Å². The molecule has 5 nitrogen and oxygen atoms in total. The Kier molecular flexibility index (Phi) is 7.36. The molecular formula is C31H29FN2O3. The molecule has 4 aromatic rings. The molecule has 0 radical (unpaired) electrons. The Morgan fingerprint density at radius 1 is 0.811 bits per heavy atom. The first-order valence-electron chi connectivity index (χ1n) is 12.4. The molecule has 0 saturated carbocycles. The molecule has 6 heteroatoms. The van der Waals surface area contributed by atoms with Crippen molar-refractivity contribution in [2.24, 2.45) is 0 Å². The van der Waals surface area contributed by atoms with Crippen LogP contribution in [0, 0.1) is 5.82 Å². The number of hydrogen-bond acceptors (Lipinski definition) is 4. The van der Waals surface area contributed by atoms with Crippen molar-refractivity contribution in [3.05, 3.63) is 114 Å². The molecule has 1 aliphatic rings. The summed E-state index contributed by atoms with van der Waals surface area (Å²) < 4.78 is 24.8. The first-order valence-corrected chi connectivity index (χ1v) is 12.4. The lowest BCUT2D eigenvalue weighted by Gasteiger charge is -2.36. The zero-order valence-electron chi connectivity index (χ0n) is 20.8. The van der Waals surface area contributed by atoms with Gasteiger partial charge in [-0.25, -0.2) is 4.39 Å². The highest BCUT2D eigenvalue weighted by Gasteiger charge is 2.23. The molecule has 1 saturated heterocycles. The summed E-state index contributed by atoms with van der Waals surface area (Å²) in [6.07, 6.45) is 0. The lowest BCUT2D eigenvalue weighted by molar-refractivity contribution is 0.0746. The zero-order chi connectivity index (χ0) is 25.6. The number of rotatable bonds is 7. The molecule has 1 heterocycles. The van der Waals surface area contributed by atoms with E-state index in [0.29, 0.717) is 37.5 Å². The second kappa shape index (κ2) is 11.2. The Hall–Kier alpha value is -4.32. The smallest absolute Gasteiger partial charge is 0.253 e. The molecule has 0 bridgehead atoms. The summed E-state index contributed by atoms with van der Waals surface area (Å²) >= 11 is 0. The summed E-state index contributed by atoms with van der Waals surface area (Å²) in [5, 5.41) is 0. The maximum atomic E-state index is 13.3. The van der Waals surface area contributed by atoms with Crippen LogP contribution in [0.1, 0.15) is 15.9 Å². The number of hydrogen-bond donors (Lipinski definition) is 0. The predicted molar refractivity (Wildman–Crippen MR) is 144 cm³/mol. The molecule has 0 aromatic heterocycles. The van der Waals surface area contributed by atoms with E-state index in [1.165, 1.54) is 12.1 Å². The van der Waals surface area contributed by atoms with Gasteiger partial charge in [0.15, 0.2) is 0 Å². The highest BCUT2D eigenvalue weighted by atomic mass is 19.1. The Morgan fingerprint density at radius 2 is 1.49 bits per heavy atom. The first kappa shape index (κ1) is 24.4. The van der Waals surface area contributed by atoms with Crippen molar-refractivity contribution in [1.29, 1.82) is 0 Å². The molecule has 188 valence electrons. The average molecular weight is 497 g/mol. The van der Waals surface area contributed by atoms with Crippen molar-refractivity contribution in [3.8, 4) is 22.6 Å². The number of benzene rings is 4. The van der Waals surface area contributed by atoms with E-state index in [0.717, 1.165) is 28.1 Å². The number of ether oxygens (including phenoxy) is 2. The summed E-state index contributed by atoms with van der Waals surface area (Å²) in [5.41, 5.74) is 4.66. The van der Waals surface area contributed by atoms with Crippen molar-refractivity contribution in [2.45, 2.75) is 6.61 Å². The second-order valence-electron chi connectivity index (χ2n) is 8.96. The van der Waals surface area contributed by atoms with E-state index in [4.69, 9.17) is 9.47 Å². The zero-order valence-corrected chi connectivity index (χ0v) is 20.8. The Bertz CT molecular complexity index is 1330. The Labute approximate surface area is 216 Å². The van der Waals surface area contributed by atoms with Crippen molar-refractivity contribution >= 4 is 11.6 Å². The Morgan fingerprint density at radius 3 is 2.16 bits per heavy atom. The van der Waals surface area contributed by atoms with E-state index in [1.54, 1.807) is 25.3 Å². The van der Waals surface area contributed by atoms with Crippen LogP contribution in [0.4, 0.5) is 10.1 Å². The number of halogens is 1. The molecule has 1 amide bonds. The van der Waals surface area contributed by atoms with Gasteiger partial charge in [-0.1, -0.05) is 42.5 Å². The van der Waals surface area contributed by atoms with Gasteiger partial charge in [0.1, 0.15) is 23.9 Å². The van der Waals surface area contributed by atoms with Gasteiger partial charge in [-0.15, -0.1) is 0 Å². The van der Waals surface area contributed by atoms with Crippen LogP contribution < -0.4 is 14.4 Å². The summed E-state index contributed by atoms with van der Waals surface area (Å²) in [6.45, 7) is 2.88. The van der Waals surface area contributed by atoms with Crippen LogP contribution in [0.3, 0.4) is 0 Å². The minimum atomic E-state index is -0.249. The van der Waals surface area contributed by atoms with Gasteiger partial charge in [0.25, 0.3) is 5.91 Å². The van der Waals surface area contributed by atoms with Crippen molar-refractivity contribution in [1.82, 2.24) is 4.90 Å². The van der Waals surface area contributed by atoms with Crippen LogP contribution in [0.15, 0.2) is 97.1 Å². The molecule has 0 spiro atoms. The maximum Gasteiger partial charge on any atom is 0.253 e. The van der Waals surface area contributed by atoms with E-state index < -0.39 is 0 Å². The van der Waals surface area contributed by atoms with E-state index in [-0.39, 0.29) is 18.3 Å². The van der Waals surface area contributed by atoms with Crippen molar-refractivity contribution < 1.29 is 18.7 Å². The minimum absolute atomic E-state index is 0.0186. The van der Waals surface area contributed by atoms with Gasteiger partial charge in [-0.3, -0.25) is 4.79 Å². The normalized spacial score (nSPS) is 13.4. The van der Waals surface area contributed by atoms with Gasteiger partial charge in [0.2, 0.25) is 0 Å². The van der Waals surface area contributed by atoms with E-state index in [2.05, 4.69) is 17.0 Å². The van der Waals surface area contributed by atoms with Crippen LogP contribution in [0.2, 0.25) is 0 Å². The van der Waals surface area contributed by atoms with Crippen molar-refractivity contribution in [3.63, 3.8) is 0 Å². The molecule has 0 unspecified atom stereocenters. The number of anilines is 1. The molecule has 5 rings (SSSR count). The summed E-state index contributed by atoms with van der Waals surface area (Å²) in [7, 11) is 1.61. The van der Waals surface area contributed by atoms with E-state index in [1.807, 2.05) is 59.5 Å². The standard InChI is InChI=1S/C31H29FN2O3/c1-36-30-16-9-25(31(35)34-19-17-33(18-20-34)28-12-10-27(32)11-13-28)21-26(30)22-37-29-14-7-24(8-15-29)23-5-3-2-4-6-23/h2-16,21H,17-20,22H2,1H3. The summed E-state index contributed by atoms with van der Waals surface area (Å²) in [5.74, 6) is 1.16. The fourth-order valence-electron chi connectivity index (χ4n) is 4.56. The van der Waals surface area contributed by atoms with Gasteiger partial charge in [-0.05, 0) is 65.7 Å². The predicted octanol–water partition coefficient (Wildman–Crippen LogP) is 6.04. The Balaban J connectivity index is 1.22. The molecule has 1 fully saturated rings. The topological polar surface area (TPSA) is 42.0 Å². The van der Waals surface area contributed by atoms with Crippen molar-refractivity contribution in [2.75, 3.05) is 38.2 Å². The van der Waals surface area contributed by atoms with Crippen LogP contribution >= 0.6 is 0 Å². The fourth-order valence-corrected chi connectivity index (χ4v) is 4.56. The number of carbonyl (C=O) groups excluding carboxylic acids is 1. The van der Waals surface area contributed by atoms with Crippen LogP contribution in [-0.2, 0) is 6.61 Å². The minimum Gasteiger partial charge on any atom is -0.496 e. The molecule has 37 heavy (non-hydrogen) atoms. The fraction of sp³-hybridized carbons (Fsp3) is 0.194. The van der Waals surface area contributed by atoms with E-state index >= 15 is 0 Å². The van der Waals surface area contributed by atoms with Crippen LogP contribution in [0.25, 0.3) is 11.1 Å². The first-order chi connectivity index (χ1) is 18.1. The molecule has 0 atom stereocenters. The number of methoxy groups -OCH3 is 1. The average Bonchev–Trinajstić information content (AvgIpc) is 2.97. The van der Waals surface area contributed by atoms with Gasteiger partial charge >= 0.3 is 0 Å². The van der Waals surface area contributed by atoms with E-state index in [9.17, 15) is 9.18 Å². The molecule has 0 aliphatic carbocycles. The maximum absolute atomic E-state index is 13.3. The SMILES string of the molecule is COc1ccc(C(=O)N2CCN(c3ccc(F)cc3)CC2)cc1COc1ccc(-c2ccccc2)cc1.